The van der Waals surface area contributed by atoms with Crippen LogP contribution in [0.15, 0.2) is 30.3 Å². The van der Waals surface area contributed by atoms with Gasteiger partial charge in [-0.05, 0) is 24.0 Å². The van der Waals surface area contributed by atoms with Gasteiger partial charge in [-0.2, -0.15) is 0 Å². The molecule has 0 unspecified atom stereocenters. The van der Waals surface area contributed by atoms with E-state index in [0.29, 0.717) is 0 Å². The number of piperidine rings is 1. The number of carbonyl (C=O) groups is 1. The number of rotatable bonds is 1. The van der Waals surface area contributed by atoms with Crippen LogP contribution in [0.3, 0.4) is 0 Å². The van der Waals surface area contributed by atoms with Gasteiger partial charge in [0.1, 0.15) is 0 Å². The highest BCUT2D eigenvalue weighted by Crippen LogP contribution is 2.43. The second-order valence-corrected chi connectivity index (χ2v) is 5.16. The average Bonchev–Trinajstić information content (AvgIpc) is 2.78. The summed E-state index contributed by atoms with van der Waals surface area (Å²) in [5, 5.41) is 0. The van der Waals surface area contributed by atoms with Crippen LogP contribution in [0.5, 0.6) is 0 Å². The number of nitrogens with two attached hydrogens (primary N) is 1. The molecule has 3 nitrogen and oxygen atoms in total. The number of fused-ring (bicyclic) bond motifs is 2. The van der Waals surface area contributed by atoms with Gasteiger partial charge in [0.2, 0.25) is 5.91 Å². The van der Waals surface area contributed by atoms with Crippen molar-refractivity contribution in [2.24, 2.45) is 5.73 Å². The lowest BCUT2D eigenvalue weighted by atomic mass is 9.74. The molecule has 0 atom stereocenters. The highest BCUT2D eigenvalue weighted by molar-refractivity contribution is 5.78. The number of benzene rings is 1. The Morgan fingerprint density at radius 1 is 1.28 bits per heavy atom. The molecule has 3 heteroatoms. The van der Waals surface area contributed by atoms with Crippen molar-refractivity contribution >= 4 is 12.0 Å². The lowest BCUT2D eigenvalue weighted by molar-refractivity contribution is -0.131. The van der Waals surface area contributed by atoms with Gasteiger partial charge in [0.25, 0.3) is 0 Å². The number of hydrogen-bond acceptors (Lipinski definition) is 2. The zero-order valence-corrected chi connectivity index (χ0v) is 10.4. The molecule has 1 aromatic carbocycles. The zero-order valence-electron chi connectivity index (χ0n) is 10.4. The Hall–Kier alpha value is -1.61. The summed E-state index contributed by atoms with van der Waals surface area (Å²) in [7, 11) is 0. The maximum Gasteiger partial charge on any atom is 0.236 e. The van der Waals surface area contributed by atoms with E-state index >= 15 is 0 Å². The average molecular weight is 242 g/mol. The number of allylic oxidation sites excluding steroid dienone is 1. The largest absolute Gasteiger partial charge is 0.342 e. The molecule has 0 aromatic heterocycles. The quantitative estimate of drug-likeness (QED) is 0.812. The summed E-state index contributed by atoms with van der Waals surface area (Å²) in [5.41, 5.74) is 8.32. The molecule has 1 amide bonds. The first-order valence-electron chi connectivity index (χ1n) is 6.52. The molecule has 1 aliphatic heterocycles. The minimum Gasteiger partial charge on any atom is -0.342 e. The van der Waals surface area contributed by atoms with Crippen molar-refractivity contribution in [3.8, 4) is 0 Å². The van der Waals surface area contributed by atoms with Crippen molar-refractivity contribution in [2.75, 3.05) is 19.6 Å². The van der Waals surface area contributed by atoms with Gasteiger partial charge in [0, 0.05) is 18.5 Å². The van der Waals surface area contributed by atoms with Crippen molar-refractivity contribution in [2.45, 2.75) is 18.3 Å². The summed E-state index contributed by atoms with van der Waals surface area (Å²) in [6.45, 7) is 1.75. The van der Waals surface area contributed by atoms with Crippen molar-refractivity contribution in [3.63, 3.8) is 0 Å². The van der Waals surface area contributed by atoms with Crippen molar-refractivity contribution < 1.29 is 4.79 Å². The van der Waals surface area contributed by atoms with Crippen LogP contribution in [-0.4, -0.2) is 30.4 Å². The van der Waals surface area contributed by atoms with Crippen molar-refractivity contribution in [1.29, 1.82) is 0 Å². The second kappa shape index (κ2) is 4.25. The van der Waals surface area contributed by atoms with Crippen LogP contribution in [0.25, 0.3) is 6.08 Å². The topological polar surface area (TPSA) is 46.3 Å². The van der Waals surface area contributed by atoms with Crippen LogP contribution in [0.1, 0.15) is 24.0 Å². The Morgan fingerprint density at radius 3 is 2.72 bits per heavy atom. The predicted molar refractivity (Wildman–Crippen MR) is 72.0 cm³/mol. The van der Waals surface area contributed by atoms with E-state index in [4.69, 9.17) is 5.73 Å². The Bertz CT molecular complexity index is 499. The van der Waals surface area contributed by atoms with Crippen LogP contribution < -0.4 is 5.73 Å². The van der Waals surface area contributed by atoms with E-state index in [2.05, 4.69) is 36.4 Å². The van der Waals surface area contributed by atoms with E-state index in [9.17, 15) is 4.79 Å². The standard InChI is InChI=1S/C15H18N2O/c16-11-14(18)17-9-7-15(8-10-17)6-5-12-3-1-2-4-13(12)15/h1-6H,7-11,16H2. The molecule has 2 aliphatic rings. The summed E-state index contributed by atoms with van der Waals surface area (Å²) >= 11 is 0. The van der Waals surface area contributed by atoms with Gasteiger partial charge in [0.05, 0.1) is 6.54 Å². The summed E-state index contributed by atoms with van der Waals surface area (Å²) in [5.74, 6) is 0.0695. The van der Waals surface area contributed by atoms with E-state index in [1.807, 2.05) is 4.90 Å². The van der Waals surface area contributed by atoms with E-state index < -0.39 is 0 Å². The molecule has 1 aliphatic carbocycles. The van der Waals surface area contributed by atoms with E-state index in [-0.39, 0.29) is 17.9 Å². The van der Waals surface area contributed by atoms with Crippen LogP contribution in [-0.2, 0) is 10.2 Å². The van der Waals surface area contributed by atoms with Gasteiger partial charge >= 0.3 is 0 Å². The van der Waals surface area contributed by atoms with Crippen LogP contribution >= 0.6 is 0 Å². The fourth-order valence-electron chi connectivity index (χ4n) is 3.16. The third-order valence-electron chi connectivity index (χ3n) is 4.26. The minimum atomic E-state index is 0.0695. The first-order chi connectivity index (χ1) is 8.75. The van der Waals surface area contributed by atoms with Crippen LogP contribution in [0, 0.1) is 0 Å². The lowest BCUT2D eigenvalue weighted by Gasteiger charge is -2.39. The van der Waals surface area contributed by atoms with E-state index in [1.54, 1.807) is 0 Å². The molecule has 0 saturated carbocycles. The molecule has 1 spiro atoms. The monoisotopic (exact) mass is 242 g/mol. The summed E-state index contributed by atoms with van der Waals surface area (Å²) < 4.78 is 0. The van der Waals surface area contributed by atoms with Crippen molar-refractivity contribution in [1.82, 2.24) is 4.90 Å². The maximum atomic E-state index is 11.6. The molecule has 3 rings (SSSR count). The van der Waals surface area contributed by atoms with Crippen molar-refractivity contribution in [3.05, 3.63) is 41.5 Å². The molecule has 0 radical (unpaired) electrons. The smallest absolute Gasteiger partial charge is 0.236 e. The first-order valence-corrected chi connectivity index (χ1v) is 6.52. The Balaban J connectivity index is 1.81. The molecule has 1 saturated heterocycles. The SMILES string of the molecule is NCC(=O)N1CCC2(C=Cc3ccccc32)CC1. The Labute approximate surface area is 107 Å². The predicted octanol–water partition coefficient (Wildman–Crippen LogP) is 1.53. The summed E-state index contributed by atoms with van der Waals surface area (Å²) in [6, 6.07) is 8.56. The fraction of sp³-hybridized carbons (Fsp3) is 0.400. The van der Waals surface area contributed by atoms with Gasteiger partial charge < -0.3 is 10.6 Å². The molecule has 1 fully saturated rings. The normalized spacial score (nSPS) is 20.2. The number of carbonyl (C=O) groups excluding carboxylic acids is 1. The van der Waals surface area contributed by atoms with Crippen LogP contribution in [0.4, 0.5) is 0 Å². The molecule has 1 heterocycles. The Morgan fingerprint density at radius 2 is 2.00 bits per heavy atom. The molecule has 0 bridgehead atoms. The van der Waals surface area contributed by atoms with Gasteiger partial charge in [-0.15, -0.1) is 0 Å². The molecular weight excluding hydrogens is 224 g/mol. The molecule has 18 heavy (non-hydrogen) atoms. The lowest BCUT2D eigenvalue weighted by Crippen LogP contribution is -2.46. The number of nitrogens with zero attached hydrogens (tertiary/aromatic N) is 1. The molecular formula is C15H18N2O. The summed E-state index contributed by atoms with van der Waals surface area (Å²) in [6.07, 6.45) is 6.55. The molecule has 94 valence electrons. The van der Waals surface area contributed by atoms with E-state index in [1.165, 1.54) is 11.1 Å². The maximum absolute atomic E-state index is 11.6. The van der Waals surface area contributed by atoms with Gasteiger partial charge in [-0.1, -0.05) is 36.4 Å². The summed E-state index contributed by atoms with van der Waals surface area (Å²) in [4.78, 5) is 13.5. The van der Waals surface area contributed by atoms with Gasteiger partial charge in [-0.25, -0.2) is 0 Å². The number of likely N-dealkylation sites (tertiary alicyclic amines) is 1. The zero-order chi connectivity index (χ0) is 12.6. The number of hydrogen-bond donors (Lipinski definition) is 1. The third-order valence-corrected chi connectivity index (χ3v) is 4.26. The van der Waals surface area contributed by atoms with Gasteiger partial charge in [0.15, 0.2) is 0 Å². The first kappa shape index (κ1) is 11.5. The Kier molecular flexibility index (Phi) is 2.71. The second-order valence-electron chi connectivity index (χ2n) is 5.16. The molecule has 2 N–H and O–H groups in total. The highest BCUT2D eigenvalue weighted by atomic mass is 16.2. The van der Waals surface area contributed by atoms with Crippen LogP contribution in [0.2, 0.25) is 0 Å². The van der Waals surface area contributed by atoms with E-state index in [0.717, 1.165) is 25.9 Å². The fourth-order valence-corrected chi connectivity index (χ4v) is 3.16. The molecule has 1 aromatic rings. The highest BCUT2D eigenvalue weighted by Gasteiger charge is 2.38. The van der Waals surface area contributed by atoms with Gasteiger partial charge in [-0.3, -0.25) is 4.79 Å². The third kappa shape index (κ3) is 1.66. The minimum absolute atomic E-state index is 0.0695. The number of amides is 1.